The molecule has 0 bridgehead atoms. The molecule has 6 nitrogen and oxygen atoms in total. The predicted octanol–water partition coefficient (Wildman–Crippen LogP) is 1.12. The van der Waals surface area contributed by atoms with E-state index in [-0.39, 0.29) is 16.8 Å². The molecule has 1 aromatic heterocycles. The number of nitrogens with zero attached hydrogens (tertiary/aromatic N) is 2. The van der Waals surface area contributed by atoms with Gasteiger partial charge >= 0.3 is 0 Å². The first-order chi connectivity index (χ1) is 8.45. The van der Waals surface area contributed by atoms with E-state index in [4.69, 9.17) is 5.73 Å². The lowest BCUT2D eigenvalue weighted by atomic mass is 9.87. The van der Waals surface area contributed by atoms with Crippen LogP contribution >= 0.6 is 0 Å². The highest BCUT2D eigenvalue weighted by molar-refractivity contribution is 7.89. The van der Waals surface area contributed by atoms with Crippen LogP contribution in [0.15, 0.2) is 11.1 Å². The Morgan fingerprint density at radius 2 is 2.00 bits per heavy atom. The number of hydrogen-bond donors (Lipinski definition) is 2. The van der Waals surface area contributed by atoms with Crippen LogP contribution in [0.5, 0.6) is 0 Å². The van der Waals surface area contributed by atoms with E-state index in [0.717, 1.165) is 31.6 Å². The molecule has 2 rings (SSSR count). The number of anilines is 1. The summed E-state index contributed by atoms with van der Waals surface area (Å²) in [7, 11) is -2.15. The number of nitrogens with two attached hydrogens (primary N) is 1. The van der Waals surface area contributed by atoms with Crippen molar-refractivity contribution in [1.29, 1.82) is 0 Å². The van der Waals surface area contributed by atoms with E-state index < -0.39 is 10.0 Å². The maximum Gasteiger partial charge on any atom is 0.245 e. The zero-order valence-electron chi connectivity index (χ0n) is 10.8. The lowest BCUT2D eigenvalue weighted by Gasteiger charge is -2.27. The first-order valence-corrected chi connectivity index (χ1v) is 7.70. The van der Waals surface area contributed by atoms with Gasteiger partial charge in [-0.25, -0.2) is 17.8 Å². The Labute approximate surface area is 108 Å². The van der Waals surface area contributed by atoms with Gasteiger partial charge in [-0.15, -0.1) is 0 Å². The van der Waals surface area contributed by atoms with Crippen molar-refractivity contribution in [1.82, 2.24) is 14.5 Å². The van der Waals surface area contributed by atoms with Gasteiger partial charge in [0.15, 0.2) is 0 Å². The third-order valence-electron chi connectivity index (χ3n) is 3.69. The topological polar surface area (TPSA) is 90.0 Å². The average molecular weight is 272 g/mol. The van der Waals surface area contributed by atoms with Crippen LogP contribution in [0.1, 0.15) is 38.6 Å². The van der Waals surface area contributed by atoms with E-state index in [1.165, 1.54) is 13.2 Å². The summed E-state index contributed by atoms with van der Waals surface area (Å²) >= 11 is 0. The van der Waals surface area contributed by atoms with Gasteiger partial charge in [0, 0.05) is 0 Å². The molecule has 1 aliphatic rings. The van der Waals surface area contributed by atoms with Crippen LogP contribution in [0, 0.1) is 5.92 Å². The maximum absolute atomic E-state index is 11.7. The highest BCUT2D eigenvalue weighted by atomic mass is 32.2. The van der Waals surface area contributed by atoms with Crippen LogP contribution in [0.2, 0.25) is 0 Å². The van der Waals surface area contributed by atoms with Gasteiger partial charge in [-0.05, 0) is 38.6 Å². The molecule has 0 aromatic carbocycles. The molecule has 0 spiro atoms. The zero-order valence-corrected chi connectivity index (χ0v) is 11.6. The van der Waals surface area contributed by atoms with Gasteiger partial charge in [0.2, 0.25) is 10.0 Å². The van der Waals surface area contributed by atoms with Crippen molar-refractivity contribution in [3.05, 3.63) is 6.20 Å². The second kappa shape index (κ2) is 4.89. The van der Waals surface area contributed by atoms with Gasteiger partial charge in [-0.3, -0.25) is 0 Å². The molecule has 1 aromatic rings. The van der Waals surface area contributed by atoms with Crippen LogP contribution in [-0.2, 0) is 10.0 Å². The van der Waals surface area contributed by atoms with Gasteiger partial charge in [-0.2, -0.15) is 5.10 Å². The second-order valence-corrected chi connectivity index (χ2v) is 6.81. The third kappa shape index (κ3) is 2.37. The predicted molar refractivity (Wildman–Crippen MR) is 69.6 cm³/mol. The molecule has 7 heteroatoms. The van der Waals surface area contributed by atoms with Crippen LogP contribution in [-0.4, -0.2) is 25.2 Å². The Balaban J connectivity index is 2.26. The number of aromatic nitrogens is 2. The summed E-state index contributed by atoms with van der Waals surface area (Å²) in [4.78, 5) is 0.0728. The molecule has 1 saturated carbocycles. The quantitative estimate of drug-likeness (QED) is 0.863. The van der Waals surface area contributed by atoms with E-state index in [1.807, 2.05) is 0 Å². The smallest absolute Gasteiger partial charge is 0.245 e. The molecule has 1 aliphatic carbocycles. The molecular weight excluding hydrogens is 252 g/mol. The first kappa shape index (κ1) is 13.4. The molecule has 1 fully saturated rings. The lowest BCUT2D eigenvalue weighted by Crippen LogP contribution is -2.22. The minimum Gasteiger partial charge on any atom is -0.383 e. The van der Waals surface area contributed by atoms with Crippen molar-refractivity contribution in [2.45, 2.75) is 43.5 Å². The largest absolute Gasteiger partial charge is 0.383 e. The molecule has 0 aliphatic heterocycles. The number of sulfonamides is 1. The summed E-state index contributed by atoms with van der Waals surface area (Å²) in [5, 5.41) is 4.15. The fraction of sp³-hybridized carbons (Fsp3) is 0.727. The molecule has 102 valence electrons. The van der Waals surface area contributed by atoms with Gasteiger partial charge < -0.3 is 5.73 Å². The maximum atomic E-state index is 11.7. The summed E-state index contributed by atoms with van der Waals surface area (Å²) in [6, 6.07) is 0.224. The molecule has 0 amide bonds. The van der Waals surface area contributed by atoms with E-state index in [1.54, 1.807) is 4.68 Å². The van der Waals surface area contributed by atoms with Crippen molar-refractivity contribution in [3.63, 3.8) is 0 Å². The average Bonchev–Trinajstić information content (AvgIpc) is 2.73. The van der Waals surface area contributed by atoms with Gasteiger partial charge in [0.25, 0.3) is 0 Å². The van der Waals surface area contributed by atoms with Crippen LogP contribution in [0.25, 0.3) is 0 Å². The summed E-state index contributed by atoms with van der Waals surface area (Å²) in [6.45, 7) is 2.24. The normalized spacial score (nSPS) is 25.2. The Morgan fingerprint density at radius 3 is 2.56 bits per heavy atom. The Kier molecular flexibility index (Phi) is 3.63. The minimum atomic E-state index is -3.52. The van der Waals surface area contributed by atoms with Crippen molar-refractivity contribution in [2.24, 2.45) is 5.92 Å². The molecule has 0 atom stereocenters. The van der Waals surface area contributed by atoms with Gasteiger partial charge in [0.05, 0.1) is 12.2 Å². The number of hydrogen-bond acceptors (Lipinski definition) is 4. The number of rotatable bonds is 3. The van der Waals surface area contributed by atoms with Crippen molar-refractivity contribution < 1.29 is 8.42 Å². The molecular formula is C11H20N4O2S. The fourth-order valence-electron chi connectivity index (χ4n) is 2.45. The summed E-state index contributed by atoms with van der Waals surface area (Å²) in [6.07, 6.45) is 5.62. The zero-order chi connectivity index (χ0) is 13.3. The molecule has 1 heterocycles. The molecule has 0 radical (unpaired) electrons. The second-order valence-electron chi connectivity index (χ2n) is 4.96. The Morgan fingerprint density at radius 1 is 1.39 bits per heavy atom. The van der Waals surface area contributed by atoms with E-state index in [9.17, 15) is 8.42 Å². The van der Waals surface area contributed by atoms with Crippen molar-refractivity contribution in [3.8, 4) is 0 Å². The van der Waals surface area contributed by atoms with Crippen molar-refractivity contribution in [2.75, 3.05) is 12.8 Å². The molecule has 0 unspecified atom stereocenters. The standard InChI is InChI=1S/C11H20N4O2S/c1-8-3-5-9(6-4-8)15-11(12)10(7-14-15)18(16,17)13-2/h7-9,13H,3-6,12H2,1-2H3. The summed E-state index contributed by atoms with van der Waals surface area (Å²) in [5.41, 5.74) is 5.91. The van der Waals surface area contributed by atoms with Gasteiger partial charge in [-0.1, -0.05) is 6.92 Å². The van der Waals surface area contributed by atoms with Crippen molar-refractivity contribution >= 4 is 15.8 Å². The Hall–Kier alpha value is -1.08. The van der Waals surface area contributed by atoms with E-state index >= 15 is 0 Å². The van der Waals surface area contributed by atoms with Gasteiger partial charge in [0.1, 0.15) is 10.7 Å². The van der Waals surface area contributed by atoms with E-state index in [0.29, 0.717) is 0 Å². The lowest BCUT2D eigenvalue weighted by molar-refractivity contribution is 0.276. The molecule has 18 heavy (non-hydrogen) atoms. The van der Waals surface area contributed by atoms with Crippen LogP contribution in [0.4, 0.5) is 5.82 Å². The highest BCUT2D eigenvalue weighted by Gasteiger charge is 2.26. The fourth-order valence-corrected chi connectivity index (χ4v) is 3.23. The number of nitrogen functional groups attached to an aromatic ring is 1. The minimum absolute atomic E-state index is 0.0728. The van der Waals surface area contributed by atoms with E-state index in [2.05, 4.69) is 16.7 Å². The monoisotopic (exact) mass is 272 g/mol. The van der Waals surface area contributed by atoms with Crippen LogP contribution in [0.3, 0.4) is 0 Å². The first-order valence-electron chi connectivity index (χ1n) is 6.22. The third-order valence-corrected chi connectivity index (χ3v) is 5.12. The molecule has 0 saturated heterocycles. The summed E-state index contributed by atoms with van der Waals surface area (Å²) in [5.74, 6) is 0.974. The number of nitrogens with one attached hydrogen (secondary N) is 1. The van der Waals surface area contributed by atoms with Crippen LogP contribution < -0.4 is 10.5 Å². The highest BCUT2D eigenvalue weighted by Crippen LogP contribution is 2.34. The molecule has 3 N–H and O–H groups in total. The SMILES string of the molecule is CNS(=O)(=O)c1cnn(C2CCC(C)CC2)c1N. The Bertz CT molecular complexity index is 515. The summed E-state index contributed by atoms with van der Waals surface area (Å²) < 4.78 is 27.4.